The first kappa shape index (κ1) is 22.6. The van der Waals surface area contributed by atoms with Gasteiger partial charge < -0.3 is 4.90 Å². The fourth-order valence-electron chi connectivity index (χ4n) is 3.50. The molecule has 0 saturated carbocycles. The van der Waals surface area contributed by atoms with Crippen molar-refractivity contribution in [1.82, 2.24) is 14.5 Å². The van der Waals surface area contributed by atoms with E-state index < -0.39 is 16.8 Å². The van der Waals surface area contributed by atoms with Crippen molar-refractivity contribution < 1.29 is 4.79 Å². The second-order valence-electron chi connectivity index (χ2n) is 7.02. The Balaban J connectivity index is 2.33. The van der Waals surface area contributed by atoms with Crippen LogP contribution >= 0.6 is 34.8 Å². The summed E-state index contributed by atoms with van der Waals surface area (Å²) in [7, 11) is 0. The van der Waals surface area contributed by atoms with Gasteiger partial charge in [-0.1, -0.05) is 59.9 Å². The first-order valence-electron chi connectivity index (χ1n) is 9.63. The number of benzene rings is 2. The summed E-state index contributed by atoms with van der Waals surface area (Å²) in [5.41, 5.74) is 1.68. The Morgan fingerprint density at radius 3 is 2.53 bits per heavy atom. The van der Waals surface area contributed by atoms with E-state index in [-0.39, 0.29) is 5.56 Å². The molecule has 1 unspecified atom stereocenters. The van der Waals surface area contributed by atoms with Crippen LogP contribution in [0.2, 0.25) is 5.02 Å². The molecule has 0 aliphatic rings. The van der Waals surface area contributed by atoms with E-state index in [9.17, 15) is 9.59 Å². The van der Waals surface area contributed by atoms with Crippen molar-refractivity contribution in [3.8, 4) is 5.69 Å². The normalized spacial score (nSPS) is 12.4. The number of alkyl halides is 2. The molecule has 1 atom stereocenters. The van der Waals surface area contributed by atoms with Crippen LogP contribution in [0.4, 0.5) is 0 Å². The Labute approximate surface area is 190 Å². The third kappa shape index (κ3) is 4.20. The number of halogens is 3. The Morgan fingerprint density at radius 2 is 1.87 bits per heavy atom. The SMILES string of the molecule is CCCN(C(=O)C(Cl)Cl)C(C)c1nc2ccccc2c(=O)n1-c1cccc(Cl)c1C. The summed E-state index contributed by atoms with van der Waals surface area (Å²) in [6.45, 7) is 6.03. The number of hydrogen-bond donors (Lipinski definition) is 0. The Kier molecular flexibility index (Phi) is 7.06. The first-order valence-corrected chi connectivity index (χ1v) is 10.9. The molecule has 1 aromatic heterocycles. The van der Waals surface area contributed by atoms with Crippen LogP contribution in [0.25, 0.3) is 16.6 Å². The lowest BCUT2D eigenvalue weighted by Gasteiger charge is -2.31. The summed E-state index contributed by atoms with van der Waals surface area (Å²) < 4.78 is 1.53. The number of nitrogens with zero attached hydrogens (tertiary/aromatic N) is 3. The van der Waals surface area contributed by atoms with Crippen LogP contribution in [-0.4, -0.2) is 31.7 Å². The molecular weight excluding hydrogens is 445 g/mol. The molecule has 0 bridgehead atoms. The van der Waals surface area contributed by atoms with Crippen LogP contribution < -0.4 is 5.56 Å². The Bertz CT molecular complexity index is 1140. The maximum absolute atomic E-state index is 13.5. The van der Waals surface area contributed by atoms with Crippen molar-refractivity contribution >= 4 is 51.6 Å². The third-order valence-corrected chi connectivity index (χ3v) is 5.84. The van der Waals surface area contributed by atoms with Crippen molar-refractivity contribution in [2.75, 3.05) is 6.54 Å². The highest BCUT2D eigenvalue weighted by molar-refractivity contribution is 6.53. The van der Waals surface area contributed by atoms with Gasteiger partial charge in [0.25, 0.3) is 11.5 Å². The highest BCUT2D eigenvalue weighted by atomic mass is 35.5. The number of fused-ring (bicyclic) bond motifs is 1. The van der Waals surface area contributed by atoms with E-state index in [2.05, 4.69) is 0 Å². The van der Waals surface area contributed by atoms with E-state index in [1.54, 1.807) is 35.2 Å². The maximum atomic E-state index is 13.5. The van der Waals surface area contributed by atoms with Gasteiger partial charge in [0.15, 0.2) is 4.84 Å². The second kappa shape index (κ2) is 9.38. The summed E-state index contributed by atoms with van der Waals surface area (Å²) in [4.78, 5) is 31.3. The molecule has 0 aliphatic heterocycles. The predicted octanol–water partition coefficient (Wildman–Crippen LogP) is 5.45. The number of carbonyl (C=O) groups is 1. The van der Waals surface area contributed by atoms with Crippen molar-refractivity contribution in [2.24, 2.45) is 0 Å². The number of rotatable bonds is 6. The largest absolute Gasteiger partial charge is 0.330 e. The van der Waals surface area contributed by atoms with Crippen molar-refractivity contribution in [1.29, 1.82) is 0 Å². The minimum absolute atomic E-state index is 0.231. The Hall–Kier alpha value is -2.08. The smallest absolute Gasteiger partial charge is 0.266 e. The van der Waals surface area contributed by atoms with Gasteiger partial charge in [0, 0.05) is 11.6 Å². The first-order chi connectivity index (χ1) is 14.3. The number of hydrogen-bond acceptors (Lipinski definition) is 3. The minimum atomic E-state index is -1.20. The van der Waals surface area contributed by atoms with Crippen LogP contribution in [0.15, 0.2) is 47.3 Å². The fraction of sp³-hybridized carbons (Fsp3) is 0.318. The standard InChI is InChI=1S/C22H22Cl3N3O2/c1-4-12-27(22(30)19(24)25)14(3)20-26-17-10-6-5-8-15(17)21(29)28(20)18-11-7-9-16(23)13(18)2/h5-11,14,19H,4,12H2,1-3H3. The van der Waals surface area contributed by atoms with Crippen LogP contribution in [0.1, 0.15) is 37.7 Å². The number of aromatic nitrogens is 2. The topological polar surface area (TPSA) is 55.2 Å². The van der Waals surface area contributed by atoms with E-state index in [0.717, 1.165) is 5.56 Å². The van der Waals surface area contributed by atoms with Gasteiger partial charge >= 0.3 is 0 Å². The zero-order chi connectivity index (χ0) is 22.0. The molecule has 0 aliphatic carbocycles. The quantitative estimate of drug-likeness (QED) is 0.454. The maximum Gasteiger partial charge on any atom is 0.266 e. The summed E-state index contributed by atoms with van der Waals surface area (Å²) in [5, 5.41) is 1.02. The molecule has 1 heterocycles. The number of para-hydroxylation sites is 1. The van der Waals surface area contributed by atoms with Crippen molar-refractivity contribution in [3.05, 3.63) is 69.2 Å². The van der Waals surface area contributed by atoms with Crippen LogP contribution in [0.3, 0.4) is 0 Å². The van der Waals surface area contributed by atoms with Gasteiger partial charge in [-0.15, -0.1) is 0 Å². The number of carbonyl (C=O) groups excluding carboxylic acids is 1. The Morgan fingerprint density at radius 1 is 1.17 bits per heavy atom. The molecule has 3 rings (SSSR count). The fourth-order valence-corrected chi connectivity index (χ4v) is 3.92. The highest BCUT2D eigenvalue weighted by Crippen LogP contribution is 2.28. The van der Waals surface area contributed by atoms with E-state index in [0.29, 0.717) is 40.4 Å². The highest BCUT2D eigenvalue weighted by Gasteiger charge is 2.29. The molecular formula is C22H22Cl3N3O2. The molecule has 5 nitrogen and oxygen atoms in total. The summed E-state index contributed by atoms with van der Waals surface area (Å²) >= 11 is 18.1. The van der Waals surface area contributed by atoms with Crippen molar-refractivity contribution in [2.45, 2.75) is 38.1 Å². The van der Waals surface area contributed by atoms with E-state index >= 15 is 0 Å². The molecule has 8 heteroatoms. The second-order valence-corrected chi connectivity index (χ2v) is 8.52. The lowest BCUT2D eigenvalue weighted by atomic mass is 10.1. The average molecular weight is 467 g/mol. The molecule has 0 fully saturated rings. The van der Waals surface area contributed by atoms with Gasteiger partial charge in [-0.2, -0.15) is 0 Å². The van der Waals surface area contributed by atoms with Gasteiger partial charge in [-0.25, -0.2) is 4.98 Å². The van der Waals surface area contributed by atoms with Crippen molar-refractivity contribution in [3.63, 3.8) is 0 Å². The third-order valence-electron chi connectivity index (χ3n) is 5.06. The van der Waals surface area contributed by atoms with Crippen LogP contribution in [0.5, 0.6) is 0 Å². The van der Waals surface area contributed by atoms with Crippen LogP contribution in [0, 0.1) is 6.92 Å². The molecule has 0 spiro atoms. The molecule has 30 heavy (non-hydrogen) atoms. The van der Waals surface area contributed by atoms with Crippen LogP contribution in [-0.2, 0) is 4.79 Å². The van der Waals surface area contributed by atoms with Gasteiger partial charge in [-0.05, 0) is 50.1 Å². The molecule has 0 radical (unpaired) electrons. The summed E-state index contributed by atoms with van der Waals surface area (Å²) in [6, 6.07) is 11.9. The van der Waals surface area contributed by atoms with Gasteiger partial charge in [0.1, 0.15) is 5.82 Å². The lowest BCUT2D eigenvalue weighted by molar-refractivity contribution is -0.131. The predicted molar refractivity (Wildman–Crippen MR) is 123 cm³/mol. The molecule has 0 saturated heterocycles. The molecule has 1 amide bonds. The molecule has 158 valence electrons. The van der Waals surface area contributed by atoms with Gasteiger partial charge in [0.2, 0.25) is 0 Å². The molecule has 0 N–H and O–H groups in total. The van der Waals surface area contributed by atoms with E-state index in [4.69, 9.17) is 39.8 Å². The summed E-state index contributed by atoms with van der Waals surface area (Å²) in [5.74, 6) is -0.00990. The number of amides is 1. The van der Waals surface area contributed by atoms with Gasteiger partial charge in [-0.3, -0.25) is 14.2 Å². The zero-order valence-corrected chi connectivity index (χ0v) is 19.2. The van der Waals surface area contributed by atoms with E-state index in [1.165, 1.54) is 4.57 Å². The van der Waals surface area contributed by atoms with Gasteiger partial charge in [0.05, 0.1) is 22.6 Å². The lowest BCUT2D eigenvalue weighted by Crippen LogP contribution is -2.40. The van der Waals surface area contributed by atoms with E-state index in [1.807, 2.05) is 32.9 Å². The minimum Gasteiger partial charge on any atom is -0.330 e. The summed E-state index contributed by atoms with van der Waals surface area (Å²) in [6.07, 6.45) is 0.699. The monoisotopic (exact) mass is 465 g/mol. The molecule has 2 aromatic carbocycles. The molecule has 3 aromatic rings. The zero-order valence-electron chi connectivity index (χ0n) is 16.9. The average Bonchev–Trinajstić information content (AvgIpc) is 2.73.